The van der Waals surface area contributed by atoms with Crippen LogP contribution in [0.3, 0.4) is 0 Å². The molecule has 0 aromatic heterocycles. The number of carbonyl (C=O) groups excluding carboxylic acids is 2. The molecule has 0 fully saturated rings. The molecule has 0 unspecified atom stereocenters. The van der Waals surface area contributed by atoms with E-state index in [0.717, 1.165) is 0 Å². The van der Waals surface area contributed by atoms with Gasteiger partial charge in [-0.15, -0.1) is 0 Å². The number of likely N-dealkylation sites (N-methyl/N-ethyl adjacent to an activating group) is 1. The Bertz CT molecular complexity index is 952. The Morgan fingerprint density at radius 2 is 1.59 bits per heavy atom. The summed E-state index contributed by atoms with van der Waals surface area (Å²) in [5, 5.41) is 2.23. The Morgan fingerprint density at radius 1 is 1.00 bits per heavy atom. The topological polar surface area (TPSA) is 58.6 Å². The molecule has 2 amide bonds. The van der Waals surface area contributed by atoms with Crippen molar-refractivity contribution in [1.82, 2.24) is 0 Å². The van der Waals surface area contributed by atoms with Crippen LogP contribution in [0, 0.1) is 0 Å². The van der Waals surface area contributed by atoms with Crippen molar-refractivity contribution in [2.45, 2.75) is 12.4 Å². The highest BCUT2D eigenvalue weighted by Crippen LogP contribution is 2.37. The third-order valence-corrected chi connectivity index (χ3v) is 4.15. The van der Waals surface area contributed by atoms with Gasteiger partial charge in [0.05, 0.1) is 16.8 Å². The van der Waals surface area contributed by atoms with Gasteiger partial charge in [0, 0.05) is 24.4 Å². The number of anilines is 2. The molecular weight excluding hydrogens is 406 g/mol. The van der Waals surface area contributed by atoms with Crippen molar-refractivity contribution in [3.63, 3.8) is 0 Å². The van der Waals surface area contributed by atoms with Gasteiger partial charge in [-0.05, 0) is 30.3 Å². The van der Waals surface area contributed by atoms with Gasteiger partial charge in [-0.3, -0.25) is 9.59 Å². The van der Waals surface area contributed by atoms with Gasteiger partial charge in [0.1, 0.15) is 5.75 Å². The van der Waals surface area contributed by atoms with E-state index in [1.54, 1.807) is 0 Å². The fourth-order valence-corrected chi connectivity index (χ4v) is 2.64. The molecule has 1 heterocycles. The summed E-state index contributed by atoms with van der Waals surface area (Å²) in [7, 11) is 1.50. The fourth-order valence-electron chi connectivity index (χ4n) is 2.64. The average molecular weight is 418 g/mol. The summed E-state index contributed by atoms with van der Waals surface area (Å²) in [6.07, 6.45) is -10.1. The van der Waals surface area contributed by atoms with Gasteiger partial charge in [-0.25, -0.2) is 0 Å². The molecule has 0 aliphatic carbocycles. The van der Waals surface area contributed by atoms with Crippen LogP contribution >= 0.6 is 0 Å². The first-order chi connectivity index (χ1) is 13.4. The zero-order valence-electron chi connectivity index (χ0n) is 14.6. The van der Waals surface area contributed by atoms with Gasteiger partial charge >= 0.3 is 12.4 Å². The fraction of sp³-hybridized carbons (Fsp3) is 0.222. The molecule has 3 rings (SSSR count). The Labute approximate surface area is 159 Å². The third kappa shape index (κ3) is 4.28. The molecule has 11 heteroatoms. The molecule has 0 atom stereocenters. The van der Waals surface area contributed by atoms with Crippen LogP contribution in [0.2, 0.25) is 0 Å². The second kappa shape index (κ2) is 6.98. The van der Waals surface area contributed by atoms with Crippen LogP contribution in [0.4, 0.5) is 37.7 Å². The van der Waals surface area contributed by atoms with Crippen molar-refractivity contribution in [2.24, 2.45) is 0 Å². The summed E-state index contributed by atoms with van der Waals surface area (Å²) < 4.78 is 82.8. The monoisotopic (exact) mass is 418 g/mol. The standard InChI is InChI=1S/C18H12F6N2O3/c1-26-13-3-2-12(7-14(13)29-8-15(26)27)25-16(28)9-4-10(17(19,20)21)6-11(5-9)18(22,23)24/h2-7H,8H2,1H3,(H,25,28). The van der Waals surface area contributed by atoms with Crippen molar-refractivity contribution in [3.05, 3.63) is 53.1 Å². The normalized spacial score (nSPS) is 14.3. The minimum atomic E-state index is -5.06. The van der Waals surface area contributed by atoms with Crippen molar-refractivity contribution in [3.8, 4) is 5.75 Å². The molecule has 2 aromatic rings. The lowest BCUT2D eigenvalue weighted by molar-refractivity contribution is -0.143. The molecule has 29 heavy (non-hydrogen) atoms. The maximum Gasteiger partial charge on any atom is 0.416 e. The van der Waals surface area contributed by atoms with Gasteiger partial charge in [-0.2, -0.15) is 26.3 Å². The number of hydrogen-bond donors (Lipinski definition) is 1. The lowest BCUT2D eigenvalue weighted by atomic mass is 10.0. The molecule has 0 spiro atoms. The summed E-state index contributed by atoms with van der Waals surface area (Å²) in [6.45, 7) is -0.247. The van der Waals surface area contributed by atoms with E-state index in [1.165, 1.54) is 30.1 Å². The number of benzene rings is 2. The number of rotatable bonds is 2. The van der Waals surface area contributed by atoms with E-state index in [-0.39, 0.29) is 30.0 Å². The Morgan fingerprint density at radius 3 is 2.14 bits per heavy atom. The predicted molar refractivity (Wildman–Crippen MR) is 89.7 cm³/mol. The number of halogens is 6. The lowest BCUT2D eigenvalue weighted by Crippen LogP contribution is -2.35. The van der Waals surface area contributed by atoms with Crippen molar-refractivity contribution < 1.29 is 40.7 Å². The smallest absolute Gasteiger partial charge is 0.416 e. The largest absolute Gasteiger partial charge is 0.481 e. The van der Waals surface area contributed by atoms with Gasteiger partial charge in [0.15, 0.2) is 6.61 Å². The van der Waals surface area contributed by atoms with Crippen molar-refractivity contribution in [2.75, 3.05) is 23.9 Å². The van der Waals surface area contributed by atoms with E-state index in [0.29, 0.717) is 17.8 Å². The SMILES string of the molecule is CN1C(=O)COc2cc(NC(=O)c3cc(C(F)(F)F)cc(C(F)(F)F)c3)ccc21. The average Bonchev–Trinajstić information content (AvgIpc) is 2.63. The molecule has 1 aliphatic heterocycles. The molecule has 1 aliphatic rings. The van der Waals surface area contributed by atoms with Gasteiger partial charge in [0.2, 0.25) is 0 Å². The minimum Gasteiger partial charge on any atom is -0.481 e. The predicted octanol–water partition coefficient (Wildman–Crippen LogP) is 4.33. The van der Waals surface area contributed by atoms with Gasteiger partial charge in [-0.1, -0.05) is 0 Å². The number of nitrogens with one attached hydrogen (secondary N) is 1. The first kappa shape index (κ1) is 20.5. The van der Waals surface area contributed by atoms with Crippen LogP contribution in [-0.4, -0.2) is 25.5 Å². The number of fused-ring (bicyclic) bond motifs is 1. The third-order valence-electron chi connectivity index (χ3n) is 4.15. The van der Waals surface area contributed by atoms with E-state index < -0.39 is 35.0 Å². The highest BCUT2D eigenvalue weighted by molar-refractivity contribution is 6.05. The van der Waals surface area contributed by atoms with Crippen LogP contribution in [0.1, 0.15) is 21.5 Å². The molecule has 2 aromatic carbocycles. The molecule has 0 bridgehead atoms. The first-order valence-electron chi connectivity index (χ1n) is 8.00. The molecule has 0 saturated carbocycles. The second-order valence-electron chi connectivity index (χ2n) is 6.17. The minimum absolute atomic E-state index is 0.0592. The zero-order valence-corrected chi connectivity index (χ0v) is 14.6. The Hall–Kier alpha value is -3.24. The van der Waals surface area contributed by atoms with Gasteiger partial charge in [0.25, 0.3) is 11.8 Å². The van der Waals surface area contributed by atoms with Crippen molar-refractivity contribution >= 4 is 23.2 Å². The van der Waals surface area contributed by atoms with Crippen LogP contribution < -0.4 is 15.0 Å². The van der Waals surface area contributed by atoms with Crippen LogP contribution in [-0.2, 0) is 17.1 Å². The molecule has 0 saturated heterocycles. The Kier molecular flexibility index (Phi) is 4.93. The second-order valence-corrected chi connectivity index (χ2v) is 6.17. The van der Waals surface area contributed by atoms with E-state index in [1.807, 2.05) is 0 Å². The summed E-state index contributed by atoms with van der Waals surface area (Å²) in [5.74, 6) is -1.25. The van der Waals surface area contributed by atoms with E-state index in [2.05, 4.69) is 5.32 Å². The molecule has 5 nitrogen and oxygen atoms in total. The first-order valence-corrected chi connectivity index (χ1v) is 8.00. The van der Waals surface area contributed by atoms with E-state index in [4.69, 9.17) is 4.74 Å². The number of ether oxygens (including phenoxy) is 1. The summed E-state index contributed by atoms with van der Waals surface area (Å²) in [4.78, 5) is 25.2. The van der Waals surface area contributed by atoms with Gasteiger partial charge < -0.3 is 15.0 Å². The van der Waals surface area contributed by atoms with Crippen LogP contribution in [0.5, 0.6) is 5.75 Å². The van der Waals surface area contributed by atoms with E-state index in [9.17, 15) is 35.9 Å². The highest BCUT2D eigenvalue weighted by Gasteiger charge is 2.37. The molecule has 1 N–H and O–H groups in total. The molecular formula is C18H12F6N2O3. The van der Waals surface area contributed by atoms with Crippen molar-refractivity contribution in [1.29, 1.82) is 0 Å². The van der Waals surface area contributed by atoms with E-state index >= 15 is 0 Å². The number of hydrogen-bond acceptors (Lipinski definition) is 3. The summed E-state index contributed by atoms with van der Waals surface area (Å²) in [5.41, 5.74) is -3.52. The zero-order chi connectivity index (χ0) is 21.6. The quantitative estimate of drug-likeness (QED) is 0.739. The highest BCUT2D eigenvalue weighted by atomic mass is 19.4. The lowest BCUT2D eigenvalue weighted by Gasteiger charge is -2.26. The Balaban J connectivity index is 1.92. The molecule has 154 valence electrons. The maximum absolute atomic E-state index is 12.9. The maximum atomic E-state index is 12.9. The number of nitrogens with zero attached hydrogens (tertiary/aromatic N) is 1. The van der Waals surface area contributed by atoms with Crippen LogP contribution in [0.15, 0.2) is 36.4 Å². The summed E-state index contributed by atoms with van der Waals surface area (Å²) >= 11 is 0. The number of carbonyl (C=O) groups is 2. The van der Waals surface area contributed by atoms with Crippen LogP contribution in [0.25, 0.3) is 0 Å². The number of amides is 2. The molecule has 0 radical (unpaired) electrons. The summed E-state index contributed by atoms with van der Waals surface area (Å²) in [6, 6.07) is 4.70. The number of alkyl halides is 6.